The molecule has 7 nitrogen and oxygen atoms in total. The summed E-state index contributed by atoms with van der Waals surface area (Å²) in [7, 11) is 1.56. The summed E-state index contributed by atoms with van der Waals surface area (Å²) < 4.78 is 0. The van der Waals surface area contributed by atoms with Crippen LogP contribution in [0.25, 0.3) is 10.9 Å². The Bertz CT molecular complexity index is 1090. The molecular formula is C21H20N4O3. The molecule has 0 saturated carbocycles. The van der Waals surface area contributed by atoms with Gasteiger partial charge in [-0.1, -0.05) is 24.3 Å². The van der Waals surface area contributed by atoms with Crippen molar-refractivity contribution < 1.29 is 14.4 Å². The summed E-state index contributed by atoms with van der Waals surface area (Å²) in [5.74, 6) is -1.43. The number of hydrogen-bond acceptors (Lipinski definition) is 3. The van der Waals surface area contributed by atoms with E-state index >= 15 is 0 Å². The number of H-pyrrole nitrogens is 1. The lowest BCUT2D eigenvalue weighted by atomic mass is 10.00. The summed E-state index contributed by atoms with van der Waals surface area (Å²) in [4.78, 5) is 41.3. The molecular weight excluding hydrogens is 356 g/mol. The molecule has 2 aromatic carbocycles. The minimum Gasteiger partial charge on any atom is -0.354 e. The lowest BCUT2D eigenvalue weighted by Crippen LogP contribution is -2.42. The smallest absolute Gasteiger partial charge is 0.313 e. The standard InChI is InChI=1S/C21H20N4O3/c1-22-19(26)18-11-15-10-16(6-7-17(15)24-18)23-20(27)21(28)25-9-8-13-4-2-3-5-14(13)12-25/h2-7,10-11,24H,8-9,12H2,1H3,(H,22,26)(H,23,27). The van der Waals surface area contributed by atoms with E-state index in [1.807, 2.05) is 18.2 Å². The maximum absolute atomic E-state index is 12.6. The van der Waals surface area contributed by atoms with Crippen molar-refractivity contribution >= 4 is 34.3 Å². The van der Waals surface area contributed by atoms with Gasteiger partial charge >= 0.3 is 11.8 Å². The summed E-state index contributed by atoms with van der Waals surface area (Å²) >= 11 is 0. The Hall–Kier alpha value is -3.61. The first kappa shape index (κ1) is 17.8. The fourth-order valence-corrected chi connectivity index (χ4v) is 3.46. The van der Waals surface area contributed by atoms with Gasteiger partial charge in [0.25, 0.3) is 5.91 Å². The summed E-state index contributed by atoms with van der Waals surface area (Å²) in [6.07, 6.45) is 0.743. The normalized spacial score (nSPS) is 13.1. The van der Waals surface area contributed by atoms with Crippen molar-refractivity contribution in [3.8, 4) is 0 Å². The number of fused-ring (bicyclic) bond motifs is 2. The Balaban J connectivity index is 1.47. The number of carbonyl (C=O) groups is 3. The number of carbonyl (C=O) groups excluding carboxylic acids is 3. The Labute approximate surface area is 161 Å². The molecule has 0 radical (unpaired) electrons. The van der Waals surface area contributed by atoms with E-state index in [-0.39, 0.29) is 5.91 Å². The van der Waals surface area contributed by atoms with E-state index in [9.17, 15) is 14.4 Å². The molecule has 0 saturated heterocycles. The number of rotatable bonds is 2. The minimum atomic E-state index is -0.666. The Morgan fingerprint density at radius 3 is 2.61 bits per heavy atom. The summed E-state index contributed by atoms with van der Waals surface area (Å²) in [5.41, 5.74) is 4.01. The molecule has 0 atom stereocenters. The van der Waals surface area contributed by atoms with Gasteiger partial charge < -0.3 is 20.5 Å². The summed E-state index contributed by atoms with van der Waals surface area (Å²) in [6.45, 7) is 0.963. The predicted molar refractivity (Wildman–Crippen MR) is 106 cm³/mol. The predicted octanol–water partition coefficient (Wildman–Crippen LogP) is 2.05. The molecule has 7 heteroatoms. The highest BCUT2D eigenvalue weighted by molar-refractivity contribution is 6.39. The van der Waals surface area contributed by atoms with Crippen LogP contribution in [0, 0.1) is 0 Å². The van der Waals surface area contributed by atoms with E-state index in [1.54, 1.807) is 36.2 Å². The maximum Gasteiger partial charge on any atom is 0.313 e. The molecule has 0 unspecified atom stereocenters. The van der Waals surface area contributed by atoms with Gasteiger partial charge in [-0.2, -0.15) is 0 Å². The fraction of sp³-hybridized carbons (Fsp3) is 0.190. The van der Waals surface area contributed by atoms with Crippen molar-refractivity contribution in [2.24, 2.45) is 0 Å². The zero-order valence-electron chi connectivity index (χ0n) is 15.4. The largest absolute Gasteiger partial charge is 0.354 e. The molecule has 1 aliphatic rings. The van der Waals surface area contributed by atoms with E-state index in [0.717, 1.165) is 22.9 Å². The molecule has 1 aromatic heterocycles. The Morgan fingerprint density at radius 1 is 1.04 bits per heavy atom. The number of hydrogen-bond donors (Lipinski definition) is 3. The van der Waals surface area contributed by atoms with Gasteiger partial charge in [-0.05, 0) is 41.8 Å². The van der Waals surface area contributed by atoms with Gasteiger partial charge in [-0.25, -0.2) is 0 Å². The number of amides is 3. The molecule has 0 bridgehead atoms. The molecule has 1 aliphatic heterocycles. The molecule has 0 aliphatic carbocycles. The molecule has 3 amide bonds. The Kier molecular flexibility index (Phi) is 4.57. The molecule has 2 heterocycles. The average Bonchev–Trinajstić information content (AvgIpc) is 3.15. The zero-order valence-corrected chi connectivity index (χ0v) is 15.4. The second-order valence-electron chi connectivity index (χ2n) is 6.76. The summed E-state index contributed by atoms with van der Waals surface area (Å²) in [5, 5.41) is 5.99. The molecule has 3 N–H and O–H groups in total. The van der Waals surface area contributed by atoms with Gasteiger partial charge in [0.05, 0.1) is 0 Å². The van der Waals surface area contributed by atoms with E-state index in [4.69, 9.17) is 0 Å². The van der Waals surface area contributed by atoms with Crippen LogP contribution in [-0.2, 0) is 22.6 Å². The number of nitrogens with one attached hydrogen (secondary N) is 3. The second kappa shape index (κ2) is 7.19. The van der Waals surface area contributed by atoms with Crippen LogP contribution in [0.15, 0.2) is 48.5 Å². The number of aromatic nitrogens is 1. The molecule has 0 spiro atoms. The van der Waals surface area contributed by atoms with Crippen LogP contribution >= 0.6 is 0 Å². The van der Waals surface area contributed by atoms with Crippen LogP contribution in [0.1, 0.15) is 21.6 Å². The number of benzene rings is 2. The monoisotopic (exact) mass is 376 g/mol. The minimum absolute atomic E-state index is 0.220. The molecule has 0 fully saturated rings. The third-order valence-electron chi connectivity index (χ3n) is 4.96. The zero-order chi connectivity index (χ0) is 19.7. The Morgan fingerprint density at radius 2 is 1.82 bits per heavy atom. The van der Waals surface area contributed by atoms with E-state index < -0.39 is 11.8 Å². The van der Waals surface area contributed by atoms with Crippen LogP contribution in [0.2, 0.25) is 0 Å². The van der Waals surface area contributed by atoms with Gasteiger partial charge in [0.2, 0.25) is 0 Å². The van der Waals surface area contributed by atoms with Crippen LogP contribution in [0.3, 0.4) is 0 Å². The third kappa shape index (κ3) is 3.34. The summed E-state index contributed by atoms with van der Waals surface area (Å²) in [6, 6.07) is 14.8. The number of aromatic amines is 1. The average molecular weight is 376 g/mol. The van der Waals surface area contributed by atoms with Crippen molar-refractivity contribution in [3.05, 3.63) is 65.4 Å². The molecule has 142 valence electrons. The van der Waals surface area contributed by atoms with Crippen LogP contribution in [0.4, 0.5) is 5.69 Å². The van der Waals surface area contributed by atoms with Gasteiger partial charge in [-0.15, -0.1) is 0 Å². The van der Waals surface area contributed by atoms with Crippen LogP contribution < -0.4 is 10.6 Å². The SMILES string of the molecule is CNC(=O)c1cc2cc(NC(=O)C(=O)N3CCc4ccccc4C3)ccc2[nH]1. The van der Waals surface area contributed by atoms with E-state index in [0.29, 0.717) is 24.5 Å². The highest BCUT2D eigenvalue weighted by atomic mass is 16.2. The first-order valence-corrected chi connectivity index (χ1v) is 9.07. The second-order valence-corrected chi connectivity index (χ2v) is 6.76. The maximum atomic E-state index is 12.6. The fourth-order valence-electron chi connectivity index (χ4n) is 3.46. The number of nitrogens with zero attached hydrogens (tertiary/aromatic N) is 1. The van der Waals surface area contributed by atoms with Gasteiger partial charge in [0.1, 0.15) is 5.69 Å². The van der Waals surface area contributed by atoms with Gasteiger partial charge in [0, 0.05) is 36.7 Å². The quantitative estimate of drug-likeness (QED) is 0.598. The van der Waals surface area contributed by atoms with Crippen molar-refractivity contribution in [1.82, 2.24) is 15.2 Å². The van der Waals surface area contributed by atoms with Gasteiger partial charge in [-0.3, -0.25) is 14.4 Å². The van der Waals surface area contributed by atoms with Crippen LogP contribution in [0.5, 0.6) is 0 Å². The van der Waals surface area contributed by atoms with Crippen molar-refractivity contribution in [1.29, 1.82) is 0 Å². The van der Waals surface area contributed by atoms with Crippen molar-refractivity contribution in [2.75, 3.05) is 18.9 Å². The highest BCUT2D eigenvalue weighted by Crippen LogP contribution is 2.21. The molecule has 4 rings (SSSR count). The number of anilines is 1. The topological polar surface area (TPSA) is 94.3 Å². The van der Waals surface area contributed by atoms with Crippen LogP contribution in [-0.4, -0.2) is 41.2 Å². The lowest BCUT2D eigenvalue weighted by molar-refractivity contribution is -0.143. The van der Waals surface area contributed by atoms with Crippen molar-refractivity contribution in [2.45, 2.75) is 13.0 Å². The molecule has 3 aromatic rings. The highest BCUT2D eigenvalue weighted by Gasteiger charge is 2.25. The van der Waals surface area contributed by atoms with Gasteiger partial charge in [0.15, 0.2) is 0 Å². The van der Waals surface area contributed by atoms with E-state index in [2.05, 4.69) is 21.7 Å². The first-order valence-electron chi connectivity index (χ1n) is 9.07. The lowest BCUT2D eigenvalue weighted by Gasteiger charge is -2.28. The first-order chi connectivity index (χ1) is 13.5. The third-order valence-corrected chi connectivity index (χ3v) is 4.96. The van der Waals surface area contributed by atoms with E-state index in [1.165, 1.54) is 5.56 Å². The molecule has 28 heavy (non-hydrogen) atoms. The van der Waals surface area contributed by atoms with Crippen molar-refractivity contribution in [3.63, 3.8) is 0 Å².